The number of hydrogen-bond acceptors (Lipinski definition) is 6. The highest BCUT2D eigenvalue weighted by molar-refractivity contribution is 7.89. The molecule has 0 unspecified atom stereocenters. The topological polar surface area (TPSA) is 113 Å². The second-order valence-electron chi connectivity index (χ2n) is 7.41. The Bertz CT molecular complexity index is 929. The van der Waals surface area contributed by atoms with E-state index in [4.69, 9.17) is 4.52 Å². The molecule has 1 aromatic carbocycles. The third-order valence-corrected chi connectivity index (χ3v) is 6.62. The number of amides is 1. The van der Waals surface area contributed by atoms with Crippen molar-refractivity contribution >= 4 is 21.6 Å². The van der Waals surface area contributed by atoms with E-state index >= 15 is 0 Å². The van der Waals surface area contributed by atoms with Crippen LogP contribution >= 0.6 is 0 Å². The van der Waals surface area contributed by atoms with Gasteiger partial charge in [-0.2, -0.15) is 0 Å². The summed E-state index contributed by atoms with van der Waals surface area (Å²) < 4.78 is 32.8. The summed E-state index contributed by atoms with van der Waals surface area (Å²) in [5.41, 5.74) is 0.723. The van der Waals surface area contributed by atoms with Gasteiger partial charge in [0, 0.05) is 24.2 Å². The molecule has 4 rings (SSSR count). The first-order chi connectivity index (χ1) is 13.5. The molecule has 3 N–H and O–H groups in total. The van der Waals surface area contributed by atoms with E-state index in [0.29, 0.717) is 24.1 Å². The highest BCUT2D eigenvalue weighted by Crippen LogP contribution is 2.40. The van der Waals surface area contributed by atoms with Gasteiger partial charge in [-0.1, -0.05) is 5.16 Å². The van der Waals surface area contributed by atoms with E-state index in [-0.39, 0.29) is 16.5 Å². The van der Waals surface area contributed by atoms with Gasteiger partial charge in [0.25, 0.3) is 5.91 Å². The first-order valence-corrected chi connectivity index (χ1v) is 11.1. The van der Waals surface area contributed by atoms with Crippen LogP contribution in [0.3, 0.4) is 0 Å². The number of nitrogens with zero attached hydrogens (tertiary/aromatic N) is 1. The Balaban J connectivity index is 1.34. The molecular formula is C19H24N4O4S. The quantitative estimate of drug-likeness (QED) is 0.651. The molecule has 2 aliphatic rings. The molecule has 2 heterocycles. The Morgan fingerprint density at radius 3 is 2.54 bits per heavy atom. The molecule has 0 radical (unpaired) electrons. The second-order valence-corrected chi connectivity index (χ2v) is 9.18. The molecule has 1 amide bonds. The fourth-order valence-corrected chi connectivity index (χ4v) is 4.38. The van der Waals surface area contributed by atoms with Crippen LogP contribution in [-0.2, 0) is 10.0 Å². The van der Waals surface area contributed by atoms with Gasteiger partial charge in [0.05, 0.1) is 4.90 Å². The molecule has 2 fully saturated rings. The van der Waals surface area contributed by atoms with Crippen molar-refractivity contribution in [3.05, 3.63) is 41.8 Å². The molecule has 0 spiro atoms. The fraction of sp³-hybridized carbons (Fsp3) is 0.474. The van der Waals surface area contributed by atoms with Crippen LogP contribution in [0.2, 0.25) is 0 Å². The summed E-state index contributed by atoms with van der Waals surface area (Å²) in [4.78, 5) is 12.4. The number of aromatic nitrogens is 1. The molecule has 1 saturated carbocycles. The van der Waals surface area contributed by atoms with Crippen LogP contribution in [0.15, 0.2) is 39.8 Å². The Kier molecular flexibility index (Phi) is 5.47. The number of hydrogen-bond donors (Lipinski definition) is 3. The molecule has 1 aliphatic heterocycles. The van der Waals surface area contributed by atoms with E-state index in [1.54, 1.807) is 18.2 Å². The van der Waals surface area contributed by atoms with Crippen molar-refractivity contribution in [3.63, 3.8) is 0 Å². The van der Waals surface area contributed by atoms with Crippen molar-refractivity contribution in [1.82, 2.24) is 15.2 Å². The third kappa shape index (κ3) is 4.60. The van der Waals surface area contributed by atoms with Crippen molar-refractivity contribution < 1.29 is 17.7 Å². The number of sulfonamides is 1. The molecule has 9 heteroatoms. The van der Waals surface area contributed by atoms with E-state index in [0.717, 1.165) is 44.5 Å². The van der Waals surface area contributed by atoms with E-state index in [1.807, 2.05) is 0 Å². The molecule has 1 saturated heterocycles. The maximum Gasteiger partial charge on any atom is 0.277 e. The minimum atomic E-state index is -3.57. The lowest BCUT2D eigenvalue weighted by Crippen LogP contribution is -2.35. The Morgan fingerprint density at radius 1 is 1.14 bits per heavy atom. The smallest absolute Gasteiger partial charge is 0.277 e. The average molecular weight is 404 g/mol. The minimum absolute atomic E-state index is 0.178. The van der Waals surface area contributed by atoms with Crippen molar-refractivity contribution in [2.45, 2.75) is 36.5 Å². The zero-order valence-corrected chi connectivity index (χ0v) is 16.3. The number of piperidine rings is 1. The molecular weight excluding hydrogens is 380 g/mol. The molecule has 0 bridgehead atoms. The van der Waals surface area contributed by atoms with Crippen LogP contribution in [0, 0.1) is 5.92 Å². The summed E-state index contributed by atoms with van der Waals surface area (Å²) in [6, 6.07) is 7.77. The largest absolute Gasteiger partial charge is 0.360 e. The molecule has 28 heavy (non-hydrogen) atoms. The first kappa shape index (κ1) is 19.1. The van der Waals surface area contributed by atoms with Gasteiger partial charge in [-0.05, 0) is 69.0 Å². The van der Waals surface area contributed by atoms with Crippen molar-refractivity contribution in [2.24, 2.45) is 5.92 Å². The van der Waals surface area contributed by atoms with Crippen LogP contribution in [0.4, 0.5) is 5.69 Å². The zero-order valence-electron chi connectivity index (χ0n) is 15.5. The number of rotatable bonds is 7. The minimum Gasteiger partial charge on any atom is -0.360 e. The fourth-order valence-electron chi connectivity index (χ4n) is 3.27. The van der Waals surface area contributed by atoms with Crippen molar-refractivity contribution in [3.8, 4) is 0 Å². The summed E-state index contributed by atoms with van der Waals surface area (Å²) in [5, 5.41) is 9.78. The van der Waals surface area contributed by atoms with Gasteiger partial charge in [-0.3, -0.25) is 4.79 Å². The van der Waals surface area contributed by atoms with Gasteiger partial charge in [0.15, 0.2) is 5.69 Å². The monoisotopic (exact) mass is 404 g/mol. The normalized spacial score (nSPS) is 18.1. The number of benzene rings is 1. The average Bonchev–Trinajstić information content (AvgIpc) is 3.44. The lowest BCUT2D eigenvalue weighted by atomic mass is 9.99. The molecule has 1 aromatic heterocycles. The van der Waals surface area contributed by atoms with E-state index < -0.39 is 10.0 Å². The van der Waals surface area contributed by atoms with Gasteiger partial charge < -0.3 is 15.2 Å². The van der Waals surface area contributed by atoms with Gasteiger partial charge in [0.2, 0.25) is 10.0 Å². The van der Waals surface area contributed by atoms with Crippen LogP contribution < -0.4 is 15.4 Å². The lowest BCUT2D eigenvalue weighted by molar-refractivity contribution is 0.101. The number of carbonyl (C=O) groups is 1. The summed E-state index contributed by atoms with van der Waals surface area (Å²) in [5.74, 6) is 1.11. The second kappa shape index (κ2) is 8.02. The van der Waals surface area contributed by atoms with Crippen LogP contribution in [0.5, 0.6) is 0 Å². The zero-order chi connectivity index (χ0) is 19.6. The van der Waals surface area contributed by atoms with E-state index in [1.165, 1.54) is 12.1 Å². The summed E-state index contributed by atoms with van der Waals surface area (Å²) in [7, 11) is -3.57. The van der Waals surface area contributed by atoms with Gasteiger partial charge in [-0.15, -0.1) is 0 Å². The number of nitrogens with one attached hydrogen (secondary N) is 3. The number of anilines is 1. The predicted octanol–water partition coefficient (Wildman–Crippen LogP) is 2.08. The SMILES string of the molecule is O=C(Nc1ccc(S(=O)(=O)NCC2CCNCC2)cc1)c1cc(C2CC2)on1. The van der Waals surface area contributed by atoms with Crippen molar-refractivity contribution in [2.75, 3.05) is 25.0 Å². The van der Waals surface area contributed by atoms with Gasteiger partial charge >= 0.3 is 0 Å². The van der Waals surface area contributed by atoms with Crippen LogP contribution in [0.25, 0.3) is 0 Å². The number of carbonyl (C=O) groups excluding carboxylic acids is 1. The molecule has 1 aliphatic carbocycles. The maximum atomic E-state index is 12.5. The van der Waals surface area contributed by atoms with Crippen LogP contribution in [-0.4, -0.2) is 39.1 Å². The Hall–Kier alpha value is -2.23. The highest BCUT2D eigenvalue weighted by atomic mass is 32.2. The van der Waals surface area contributed by atoms with E-state index in [2.05, 4.69) is 20.5 Å². The van der Waals surface area contributed by atoms with E-state index in [9.17, 15) is 13.2 Å². The molecule has 8 nitrogen and oxygen atoms in total. The van der Waals surface area contributed by atoms with Gasteiger partial charge in [0.1, 0.15) is 5.76 Å². The van der Waals surface area contributed by atoms with Crippen molar-refractivity contribution in [1.29, 1.82) is 0 Å². The Morgan fingerprint density at radius 2 is 1.86 bits per heavy atom. The molecule has 0 atom stereocenters. The van der Waals surface area contributed by atoms with Gasteiger partial charge in [-0.25, -0.2) is 13.1 Å². The summed E-state index contributed by atoms with van der Waals surface area (Å²) in [6.45, 7) is 2.29. The Labute approximate surface area is 164 Å². The maximum absolute atomic E-state index is 12.5. The third-order valence-electron chi connectivity index (χ3n) is 5.18. The first-order valence-electron chi connectivity index (χ1n) is 9.60. The standard InChI is InChI=1S/C19H24N4O4S/c24-19(17-11-18(27-23-17)14-1-2-14)22-15-3-5-16(6-4-15)28(25,26)21-12-13-7-9-20-10-8-13/h3-6,11,13-14,20-21H,1-2,7-10,12H2,(H,22,24). The summed E-state index contributed by atoms with van der Waals surface area (Å²) >= 11 is 0. The summed E-state index contributed by atoms with van der Waals surface area (Å²) in [6.07, 6.45) is 4.08. The van der Waals surface area contributed by atoms with Crippen LogP contribution in [0.1, 0.15) is 47.8 Å². The molecule has 150 valence electrons. The highest BCUT2D eigenvalue weighted by Gasteiger charge is 2.29. The predicted molar refractivity (Wildman–Crippen MR) is 104 cm³/mol. The lowest BCUT2D eigenvalue weighted by Gasteiger charge is -2.22. The molecule has 2 aromatic rings.